The molecule has 5 nitrogen and oxygen atoms in total. The molecule has 0 radical (unpaired) electrons. The van der Waals surface area contributed by atoms with E-state index in [0.717, 1.165) is 44.9 Å². The standard InChI is InChI=1S/C47H39N5/c1-32-48-42-25-13-15-27-44(42)52(32)43-26-14-12-22-39(43)35-30-28-34(29-31-35)38-21-9-11-24-41(38)47-50-45(36-18-6-3-7-19-36)49-46(51-47)40-23-10-8-20-37(40)33-16-4-2-5-17-33/h2-32,45,47-48,50H,1H3,(H,49,51). The van der Waals surface area contributed by atoms with Crippen LogP contribution in [0.4, 0.5) is 17.1 Å². The molecule has 52 heavy (non-hydrogen) atoms. The predicted molar refractivity (Wildman–Crippen MR) is 216 cm³/mol. The molecule has 252 valence electrons. The van der Waals surface area contributed by atoms with Crippen LogP contribution in [0.15, 0.2) is 187 Å². The van der Waals surface area contributed by atoms with Crippen LogP contribution in [0.25, 0.3) is 33.4 Å². The van der Waals surface area contributed by atoms with Crippen LogP contribution in [0, 0.1) is 0 Å². The number of nitrogens with one attached hydrogen (secondary N) is 3. The van der Waals surface area contributed by atoms with Crippen molar-refractivity contribution in [2.45, 2.75) is 25.4 Å². The Morgan fingerprint density at radius 2 is 1.00 bits per heavy atom. The molecule has 0 saturated heterocycles. The van der Waals surface area contributed by atoms with Crippen LogP contribution in [0.1, 0.15) is 35.9 Å². The van der Waals surface area contributed by atoms with Crippen molar-refractivity contribution in [1.82, 2.24) is 10.6 Å². The number of anilines is 3. The Labute approximate surface area is 305 Å². The molecule has 5 heteroatoms. The first-order valence-electron chi connectivity index (χ1n) is 17.9. The van der Waals surface area contributed by atoms with E-state index in [0.29, 0.717) is 0 Å². The van der Waals surface area contributed by atoms with Crippen LogP contribution in [0.5, 0.6) is 0 Å². The highest BCUT2D eigenvalue weighted by Gasteiger charge is 2.29. The zero-order chi connectivity index (χ0) is 34.9. The molecule has 7 aromatic rings. The zero-order valence-electron chi connectivity index (χ0n) is 28.9. The van der Waals surface area contributed by atoms with Gasteiger partial charge in [-0.15, -0.1) is 0 Å². The molecule has 3 N–H and O–H groups in total. The first-order valence-corrected chi connectivity index (χ1v) is 17.9. The number of benzene rings is 7. The van der Waals surface area contributed by atoms with Gasteiger partial charge in [0, 0.05) is 11.1 Å². The molecule has 2 aliphatic rings. The minimum absolute atomic E-state index is 0.146. The third-order valence-electron chi connectivity index (χ3n) is 10.1. The van der Waals surface area contributed by atoms with E-state index < -0.39 is 0 Å². The Morgan fingerprint density at radius 1 is 0.462 bits per heavy atom. The van der Waals surface area contributed by atoms with Crippen molar-refractivity contribution >= 4 is 22.9 Å². The number of nitrogens with zero attached hydrogens (tertiary/aromatic N) is 2. The number of hydrogen-bond donors (Lipinski definition) is 3. The minimum Gasteiger partial charge on any atom is -0.363 e. The molecule has 2 heterocycles. The van der Waals surface area contributed by atoms with Crippen LogP contribution in [0.3, 0.4) is 0 Å². The third-order valence-corrected chi connectivity index (χ3v) is 10.1. The van der Waals surface area contributed by atoms with Gasteiger partial charge in [-0.1, -0.05) is 164 Å². The molecule has 0 saturated carbocycles. The fraction of sp³-hybridized carbons (Fsp3) is 0.0851. The van der Waals surface area contributed by atoms with Gasteiger partial charge in [0.05, 0.1) is 17.1 Å². The fourth-order valence-electron chi connectivity index (χ4n) is 7.63. The van der Waals surface area contributed by atoms with Crippen LogP contribution in [-0.4, -0.2) is 12.0 Å². The van der Waals surface area contributed by atoms with Crippen LogP contribution < -0.4 is 20.9 Å². The van der Waals surface area contributed by atoms with E-state index in [4.69, 9.17) is 4.99 Å². The number of fused-ring (bicyclic) bond motifs is 1. The molecule has 0 bridgehead atoms. The summed E-state index contributed by atoms with van der Waals surface area (Å²) in [5, 5.41) is 11.3. The van der Waals surface area contributed by atoms with Gasteiger partial charge in [-0.05, 0) is 64.1 Å². The smallest absolute Gasteiger partial charge is 0.132 e. The lowest BCUT2D eigenvalue weighted by Crippen LogP contribution is -2.45. The second-order valence-electron chi connectivity index (χ2n) is 13.3. The van der Waals surface area contributed by atoms with Crippen molar-refractivity contribution in [3.63, 3.8) is 0 Å². The number of para-hydroxylation sites is 3. The van der Waals surface area contributed by atoms with Crippen LogP contribution >= 0.6 is 0 Å². The lowest BCUT2D eigenvalue weighted by molar-refractivity contribution is 0.409. The van der Waals surface area contributed by atoms with Crippen molar-refractivity contribution < 1.29 is 0 Å². The molecule has 7 aromatic carbocycles. The lowest BCUT2D eigenvalue weighted by atomic mass is 9.94. The average molecular weight is 674 g/mol. The summed E-state index contributed by atoms with van der Waals surface area (Å²) in [6, 6.07) is 64.5. The van der Waals surface area contributed by atoms with Crippen LogP contribution in [0.2, 0.25) is 0 Å². The molecule has 9 rings (SSSR count). The number of rotatable bonds is 7. The van der Waals surface area contributed by atoms with E-state index >= 15 is 0 Å². The summed E-state index contributed by atoms with van der Waals surface area (Å²) in [6.45, 7) is 2.21. The van der Waals surface area contributed by atoms with Gasteiger partial charge < -0.3 is 15.5 Å². The summed E-state index contributed by atoms with van der Waals surface area (Å²) in [7, 11) is 0. The van der Waals surface area contributed by atoms with Gasteiger partial charge in [-0.2, -0.15) is 0 Å². The molecule has 2 aliphatic heterocycles. The van der Waals surface area contributed by atoms with E-state index in [2.05, 4.69) is 210 Å². The summed E-state index contributed by atoms with van der Waals surface area (Å²) < 4.78 is 0. The third kappa shape index (κ3) is 5.91. The van der Waals surface area contributed by atoms with E-state index in [9.17, 15) is 0 Å². The van der Waals surface area contributed by atoms with Gasteiger partial charge in [0.1, 0.15) is 24.3 Å². The molecule has 3 atom stereocenters. The SMILES string of the molecule is CC1Nc2ccccc2N1c1ccccc1-c1ccc(-c2ccccc2C2NC(c3ccccc3-c3ccccc3)=NC(c3ccccc3)N2)cc1. The summed E-state index contributed by atoms with van der Waals surface area (Å²) >= 11 is 0. The number of hydrogen-bond acceptors (Lipinski definition) is 5. The number of aliphatic imine (C=N–C) groups is 1. The van der Waals surface area contributed by atoms with E-state index in [-0.39, 0.29) is 18.5 Å². The molecular weight excluding hydrogens is 635 g/mol. The number of amidine groups is 1. The van der Waals surface area contributed by atoms with Crippen molar-refractivity contribution in [3.05, 3.63) is 199 Å². The van der Waals surface area contributed by atoms with Gasteiger partial charge in [-0.25, -0.2) is 4.99 Å². The van der Waals surface area contributed by atoms with Gasteiger partial charge >= 0.3 is 0 Å². The minimum atomic E-state index is -0.231. The molecule has 0 amide bonds. The van der Waals surface area contributed by atoms with Crippen molar-refractivity contribution in [2.75, 3.05) is 10.2 Å². The molecule has 0 spiro atoms. The second kappa shape index (κ2) is 13.7. The van der Waals surface area contributed by atoms with E-state index in [1.165, 1.54) is 28.1 Å². The largest absolute Gasteiger partial charge is 0.363 e. The van der Waals surface area contributed by atoms with E-state index in [1.807, 2.05) is 0 Å². The zero-order valence-corrected chi connectivity index (χ0v) is 28.9. The second-order valence-corrected chi connectivity index (χ2v) is 13.3. The summed E-state index contributed by atoms with van der Waals surface area (Å²) in [5.74, 6) is 0.867. The Bertz CT molecular complexity index is 2370. The first-order chi connectivity index (χ1) is 25.7. The summed E-state index contributed by atoms with van der Waals surface area (Å²) in [6.07, 6.45) is -0.277. The highest BCUT2D eigenvalue weighted by Crippen LogP contribution is 2.44. The lowest BCUT2D eigenvalue weighted by Gasteiger charge is -2.33. The maximum absolute atomic E-state index is 5.28. The quantitative estimate of drug-likeness (QED) is 0.158. The first kappa shape index (κ1) is 31.5. The monoisotopic (exact) mass is 673 g/mol. The highest BCUT2D eigenvalue weighted by molar-refractivity contribution is 6.05. The molecule has 0 aliphatic carbocycles. The van der Waals surface area contributed by atoms with Gasteiger partial charge in [-0.3, -0.25) is 5.32 Å². The highest BCUT2D eigenvalue weighted by atomic mass is 15.3. The Kier molecular flexibility index (Phi) is 8.31. The molecule has 0 aromatic heterocycles. The Hall–Kier alpha value is -6.43. The summed E-state index contributed by atoms with van der Waals surface area (Å²) in [5.41, 5.74) is 13.9. The van der Waals surface area contributed by atoms with Crippen molar-refractivity contribution in [3.8, 4) is 33.4 Å². The maximum atomic E-state index is 5.28. The van der Waals surface area contributed by atoms with E-state index in [1.54, 1.807) is 0 Å². The van der Waals surface area contributed by atoms with Crippen LogP contribution in [-0.2, 0) is 0 Å². The Balaban J connectivity index is 1.07. The normalized spacial score (nSPS) is 17.8. The van der Waals surface area contributed by atoms with Crippen molar-refractivity contribution in [2.24, 2.45) is 4.99 Å². The molecule has 0 fully saturated rings. The van der Waals surface area contributed by atoms with Crippen molar-refractivity contribution in [1.29, 1.82) is 0 Å². The van der Waals surface area contributed by atoms with Gasteiger partial charge in [0.15, 0.2) is 0 Å². The topological polar surface area (TPSA) is 51.7 Å². The predicted octanol–water partition coefficient (Wildman–Crippen LogP) is 10.9. The average Bonchev–Trinajstić information content (AvgIpc) is 3.56. The Morgan fingerprint density at radius 3 is 1.75 bits per heavy atom. The molecular formula is C47H39N5. The fourth-order valence-corrected chi connectivity index (χ4v) is 7.63. The van der Waals surface area contributed by atoms with Gasteiger partial charge in [0.25, 0.3) is 0 Å². The molecule has 3 unspecified atom stereocenters. The summed E-state index contributed by atoms with van der Waals surface area (Å²) in [4.78, 5) is 7.67. The maximum Gasteiger partial charge on any atom is 0.132 e. The van der Waals surface area contributed by atoms with Gasteiger partial charge in [0.2, 0.25) is 0 Å².